The number of benzene rings is 1. The van der Waals surface area contributed by atoms with E-state index >= 15 is 0 Å². The summed E-state index contributed by atoms with van der Waals surface area (Å²) in [7, 11) is 0. The van der Waals surface area contributed by atoms with Gasteiger partial charge in [0, 0.05) is 17.5 Å². The second-order valence-corrected chi connectivity index (χ2v) is 5.18. The first-order valence-electron chi connectivity index (χ1n) is 6.87. The molecule has 0 fully saturated rings. The molecule has 1 heterocycles. The Bertz CT molecular complexity index is 615. The van der Waals surface area contributed by atoms with Crippen molar-refractivity contribution in [2.24, 2.45) is 5.84 Å². The third-order valence-electron chi connectivity index (χ3n) is 3.14. The fourth-order valence-electron chi connectivity index (χ4n) is 2.00. The highest BCUT2D eigenvalue weighted by molar-refractivity contribution is 5.48. The summed E-state index contributed by atoms with van der Waals surface area (Å²) in [5.74, 6) is 7.16. The van der Waals surface area contributed by atoms with Crippen molar-refractivity contribution < 1.29 is 4.39 Å². The number of aromatic nitrogens is 2. The molecule has 112 valence electrons. The summed E-state index contributed by atoms with van der Waals surface area (Å²) in [5.41, 5.74) is 3.11. The second kappa shape index (κ2) is 6.49. The largest absolute Gasteiger partial charge is 0.363 e. The summed E-state index contributed by atoms with van der Waals surface area (Å²) in [4.78, 5) is 8.72. The predicted octanol–water partition coefficient (Wildman–Crippen LogP) is 3.20. The van der Waals surface area contributed by atoms with E-state index in [1.165, 1.54) is 6.07 Å². The van der Waals surface area contributed by atoms with Crippen molar-refractivity contribution >= 4 is 11.6 Å². The number of nitrogens with zero attached hydrogens (tertiary/aromatic N) is 2. The molecule has 21 heavy (non-hydrogen) atoms. The average Bonchev–Trinajstić information content (AvgIpc) is 2.47. The van der Waals surface area contributed by atoms with Crippen molar-refractivity contribution in [3.8, 4) is 0 Å². The van der Waals surface area contributed by atoms with Gasteiger partial charge in [-0.05, 0) is 13.0 Å². The van der Waals surface area contributed by atoms with Crippen molar-refractivity contribution in [1.29, 1.82) is 0 Å². The van der Waals surface area contributed by atoms with Crippen LogP contribution in [-0.4, -0.2) is 9.97 Å². The Kier molecular flexibility index (Phi) is 4.70. The van der Waals surface area contributed by atoms with Gasteiger partial charge in [-0.15, -0.1) is 0 Å². The van der Waals surface area contributed by atoms with Crippen LogP contribution < -0.4 is 16.6 Å². The van der Waals surface area contributed by atoms with Gasteiger partial charge in [0.15, 0.2) is 0 Å². The highest BCUT2D eigenvalue weighted by Crippen LogP contribution is 2.23. The molecule has 5 nitrogen and oxygen atoms in total. The van der Waals surface area contributed by atoms with E-state index in [0.29, 0.717) is 23.0 Å². The fraction of sp³-hybridized carbons (Fsp3) is 0.333. The minimum absolute atomic E-state index is 0.169. The zero-order valence-electron chi connectivity index (χ0n) is 12.4. The number of hydrazine groups is 1. The third-order valence-corrected chi connectivity index (χ3v) is 3.14. The molecule has 0 saturated carbocycles. The first kappa shape index (κ1) is 15.2. The van der Waals surface area contributed by atoms with Crippen LogP contribution >= 0.6 is 0 Å². The molecule has 6 heteroatoms. The molecule has 0 aliphatic rings. The third kappa shape index (κ3) is 3.66. The van der Waals surface area contributed by atoms with Gasteiger partial charge >= 0.3 is 0 Å². The molecular weight excluding hydrogens is 269 g/mol. The Morgan fingerprint density at radius 2 is 1.76 bits per heavy atom. The van der Waals surface area contributed by atoms with Gasteiger partial charge in [-0.1, -0.05) is 32.0 Å². The minimum atomic E-state index is -0.243. The lowest BCUT2D eigenvalue weighted by Crippen LogP contribution is -2.15. The quantitative estimate of drug-likeness (QED) is 0.582. The van der Waals surface area contributed by atoms with Gasteiger partial charge in [-0.25, -0.2) is 20.2 Å². The lowest BCUT2D eigenvalue weighted by Gasteiger charge is -2.17. The van der Waals surface area contributed by atoms with Crippen LogP contribution in [0.2, 0.25) is 0 Å². The minimum Gasteiger partial charge on any atom is -0.363 e. The molecule has 1 unspecified atom stereocenters. The molecule has 2 aromatic rings. The van der Waals surface area contributed by atoms with E-state index < -0.39 is 0 Å². The van der Waals surface area contributed by atoms with Crippen LogP contribution in [0.5, 0.6) is 0 Å². The standard InChI is InChI=1S/C15H20FN5/c1-9(2)15-19-13(8-14(20-15)21-17)18-10(3)11-6-4-5-7-12(11)16/h4-10H,17H2,1-3H3,(H2,18,19,20,21). The molecule has 0 saturated heterocycles. The summed E-state index contributed by atoms with van der Waals surface area (Å²) in [6, 6.07) is 8.15. The Labute approximate surface area is 123 Å². The predicted molar refractivity (Wildman–Crippen MR) is 82.4 cm³/mol. The number of halogens is 1. The Morgan fingerprint density at radius 1 is 1.10 bits per heavy atom. The number of hydrogen-bond acceptors (Lipinski definition) is 5. The molecule has 2 rings (SSSR count). The Morgan fingerprint density at radius 3 is 2.38 bits per heavy atom. The maximum atomic E-state index is 13.8. The van der Waals surface area contributed by atoms with E-state index in [9.17, 15) is 4.39 Å². The zero-order chi connectivity index (χ0) is 15.4. The number of rotatable bonds is 5. The molecule has 0 radical (unpaired) electrons. The van der Waals surface area contributed by atoms with Gasteiger partial charge in [0.25, 0.3) is 0 Å². The van der Waals surface area contributed by atoms with Crippen molar-refractivity contribution in [3.05, 3.63) is 47.5 Å². The molecule has 0 aliphatic carbocycles. The Balaban J connectivity index is 2.26. The van der Waals surface area contributed by atoms with Gasteiger partial charge in [0.05, 0.1) is 6.04 Å². The van der Waals surface area contributed by atoms with Gasteiger partial charge < -0.3 is 10.7 Å². The molecule has 0 amide bonds. The normalized spacial score (nSPS) is 12.3. The smallest absolute Gasteiger partial charge is 0.145 e. The molecule has 0 aliphatic heterocycles. The molecule has 1 atom stereocenters. The zero-order valence-corrected chi connectivity index (χ0v) is 12.4. The molecule has 0 spiro atoms. The van der Waals surface area contributed by atoms with E-state index in [4.69, 9.17) is 5.84 Å². The molecule has 0 bridgehead atoms. The summed E-state index contributed by atoms with van der Waals surface area (Å²) < 4.78 is 13.8. The van der Waals surface area contributed by atoms with Crippen molar-refractivity contribution in [2.45, 2.75) is 32.7 Å². The van der Waals surface area contributed by atoms with Crippen molar-refractivity contribution in [3.63, 3.8) is 0 Å². The van der Waals surface area contributed by atoms with Crippen molar-refractivity contribution in [1.82, 2.24) is 9.97 Å². The van der Waals surface area contributed by atoms with Gasteiger partial charge in [0.2, 0.25) is 0 Å². The molecule has 4 N–H and O–H groups in total. The van der Waals surface area contributed by atoms with Crippen LogP contribution in [-0.2, 0) is 0 Å². The van der Waals surface area contributed by atoms with Gasteiger partial charge in [0.1, 0.15) is 23.3 Å². The molecule has 1 aromatic carbocycles. The van der Waals surface area contributed by atoms with Gasteiger partial charge in [-0.2, -0.15) is 0 Å². The number of nitrogens with two attached hydrogens (primary N) is 1. The highest BCUT2D eigenvalue weighted by atomic mass is 19.1. The number of nitrogens with one attached hydrogen (secondary N) is 2. The number of hydrogen-bond donors (Lipinski definition) is 3. The van der Waals surface area contributed by atoms with Crippen LogP contribution in [0.3, 0.4) is 0 Å². The summed E-state index contributed by atoms with van der Waals surface area (Å²) in [6.45, 7) is 5.88. The van der Waals surface area contributed by atoms with Crippen LogP contribution in [0.1, 0.15) is 44.1 Å². The summed E-state index contributed by atoms with van der Waals surface area (Å²) in [5, 5.41) is 3.18. The monoisotopic (exact) mass is 289 g/mol. The van der Waals surface area contributed by atoms with E-state index in [0.717, 1.165) is 0 Å². The van der Waals surface area contributed by atoms with Gasteiger partial charge in [-0.3, -0.25) is 0 Å². The lowest BCUT2D eigenvalue weighted by molar-refractivity contribution is 0.600. The summed E-state index contributed by atoms with van der Waals surface area (Å²) >= 11 is 0. The van der Waals surface area contributed by atoms with Crippen LogP contribution in [0, 0.1) is 5.82 Å². The lowest BCUT2D eigenvalue weighted by atomic mass is 10.1. The maximum absolute atomic E-state index is 13.8. The average molecular weight is 289 g/mol. The fourth-order valence-corrected chi connectivity index (χ4v) is 2.00. The molecular formula is C15H20FN5. The SMILES string of the molecule is CC(C)c1nc(NN)cc(NC(C)c2ccccc2F)n1. The molecule has 1 aromatic heterocycles. The summed E-state index contributed by atoms with van der Waals surface area (Å²) in [6.07, 6.45) is 0. The van der Waals surface area contributed by atoms with E-state index in [2.05, 4.69) is 20.7 Å². The van der Waals surface area contributed by atoms with Crippen LogP contribution in [0.4, 0.5) is 16.0 Å². The number of nitrogen functional groups attached to an aromatic ring is 1. The first-order chi connectivity index (χ1) is 10.0. The van der Waals surface area contributed by atoms with E-state index in [-0.39, 0.29) is 17.8 Å². The maximum Gasteiger partial charge on any atom is 0.145 e. The van der Waals surface area contributed by atoms with E-state index in [1.807, 2.05) is 26.8 Å². The topological polar surface area (TPSA) is 75.9 Å². The van der Waals surface area contributed by atoms with Crippen LogP contribution in [0.25, 0.3) is 0 Å². The van der Waals surface area contributed by atoms with Crippen LogP contribution in [0.15, 0.2) is 30.3 Å². The highest BCUT2D eigenvalue weighted by Gasteiger charge is 2.13. The Hall–Kier alpha value is -2.21. The number of anilines is 2. The first-order valence-corrected chi connectivity index (χ1v) is 6.87. The second-order valence-electron chi connectivity index (χ2n) is 5.18. The van der Waals surface area contributed by atoms with E-state index in [1.54, 1.807) is 18.2 Å². The van der Waals surface area contributed by atoms with Crippen molar-refractivity contribution in [2.75, 3.05) is 10.7 Å².